The summed E-state index contributed by atoms with van der Waals surface area (Å²) in [5, 5.41) is 0. The molecule has 5 heteroatoms. The number of rotatable bonds is 4. The predicted molar refractivity (Wildman–Crippen MR) is 75.8 cm³/mol. The molecule has 5 nitrogen and oxygen atoms in total. The quantitative estimate of drug-likeness (QED) is 0.878. The first-order chi connectivity index (χ1) is 9.11. The van der Waals surface area contributed by atoms with Crippen molar-refractivity contribution < 1.29 is 9.53 Å². The number of amides is 1. The van der Waals surface area contributed by atoms with E-state index >= 15 is 0 Å². The van der Waals surface area contributed by atoms with Gasteiger partial charge < -0.3 is 20.3 Å². The Bertz CT molecular complexity index is 454. The average Bonchev–Trinajstić information content (AvgIpc) is 2.40. The molecule has 2 rings (SSSR count). The molecular weight excluding hydrogens is 242 g/mol. The highest BCUT2D eigenvalue weighted by molar-refractivity contribution is 5.94. The topological polar surface area (TPSA) is 58.8 Å². The number of carbonyl (C=O) groups excluding carboxylic acids is 1. The lowest BCUT2D eigenvalue weighted by Gasteiger charge is -2.35. The molecule has 1 saturated heterocycles. The zero-order valence-corrected chi connectivity index (χ0v) is 11.6. The summed E-state index contributed by atoms with van der Waals surface area (Å²) in [7, 11) is 2.11. The first-order valence-electron chi connectivity index (χ1n) is 6.62. The molecule has 1 fully saturated rings. The van der Waals surface area contributed by atoms with E-state index in [1.807, 2.05) is 19.1 Å². The van der Waals surface area contributed by atoms with Crippen molar-refractivity contribution in [3.8, 4) is 5.75 Å². The van der Waals surface area contributed by atoms with E-state index in [1.54, 1.807) is 6.07 Å². The van der Waals surface area contributed by atoms with Crippen LogP contribution in [0.2, 0.25) is 0 Å². The van der Waals surface area contributed by atoms with Crippen LogP contribution in [0.25, 0.3) is 0 Å². The molecule has 0 aliphatic carbocycles. The van der Waals surface area contributed by atoms with Gasteiger partial charge in [0.25, 0.3) is 0 Å². The Morgan fingerprint density at radius 3 is 2.58 bits per heavy atom. The van der Waals surface area contributed by atoms with Crippen molar-refractivity contribution in [2.75, 3.05) is 44.7 Å². The fourth-order valence-corrected chi connectivity index (χ4v) is 2.24. The molecule has 0 aromatic heterocycles. The summed E-state index contributed by atoms with van der Waals surface area (Å²) in [5.74, 6) is 0.412. The molecule has 0 saturated carbocycles. The van der Waals surface area contributed by atoms with Crippen LogP contribution in [0.4, 0.5) is 5.69 Å². The van der Waals surface area contributed by atoms with E-state index < -0.39 is 5.91 Å². The van der Waals surface area contributed by atoms with Gasteiger partial charge in [0, 0.05) is 31.7 Å². The minimum absolute atomic E-state index is 0.404. The van der Waals surface area contributed by atoms with Crippen LogP contribution >= 0.6 is 0 Å². The van der Waals surface area contributed by atoms with Crippen molar-refractivity contribution >= 4 is 11.6 Å². The van der Waals surface area contributed by atoms with E-state index in [4.69, 9.17) is 10.5 Å². The first-order valence-corrected chi connectivity index (χ1v) is 6.62. The maximum Gasteiger partial charge on any atom is 0.248 e. The number of benzene rings is 1. The normalized spacial score (nSPS) is 16.4. The number of likely N-dealkylation sites (N-methyl/N-ethyl adjacent to an activating group) is 1. The number of nitrogens with zero attached hydrogens (tertiary/aromatic N) is 2. The van der Waals surface area contributed by atoms with Crippen LogP contribution in [0.3, 0.4) is 0 Å². The third kappa shape index (κ3) is 3.17. The van der Waals surface area contributed by atoms with E-state index in [9.17, 15) is 4.79 Å². The van der Waals surface area contributed by atoms with E-state index in [-0.39, 0.29) is 0 Å². The number of hydrogen-bond donors (Lipinski definition) is 1. The van der Waals surface area contributed by atoms with E-state index in [0.29, 0.717) is 12.2 Å². The standard InChI is InChI=1S/C14H21N3O2/c1-3-19-13-5-4-11(14(15)18)10-12(13)17-8-6-16(2)7-9-17/h4-5,10H,3,6-9H2,1-2H3,(H2,15,18). The molecule has 1 aliphatic rings. The monoisotopic (exact) mass is 263 g/mol. The molecule has 1 aromatic carbocycles. The summed E-state index contributed by atoms with van der Waals surface area (Å²) < 4.78 is 5.64. The van der Waals surface area contributed by atoms with Gasteiger partial charge in [0.15, 0.2) is 0 Å². The van der Waals surface area contributed by atoms with E-state index in [1.165, 1.54) is 0 Å². The smallest absolute Gasteiger partial charge is 0.248 e. The van der Waals surface area contributed by atoms with Gasteiger partial charge >= 0.3 is 0 Å². The van der Waals surface area contributed by atoms with Crippen molar-refractivity contribution in [1.82, 2.24) is 4.90 Å². The van der Waals surface area contributed by atoms with Gasteiger partial charge in [-0.2, -0.15) is 0 Å². The SMILES string of the molecule is CCOc1ccc(C(N)=O)cc1N1CCN(C)CC1. The van der Waals surface area contributed by atoms with Gasteiger partial charge in [-0.3, -0.25) is 4.79 Å². The van der Waals surface area contributed by atoms with E-state index in [2.05, 4.69) is 16.8 Å². The summed E-state index contributed by atoms with van der Waals surface area (Å²) in [6.45, 7) is 6.43. The van der Waals surface area contributed by atoms with Gasteiger partial charge in [-0.25, -0.2) is 0 Å². The number of nitrogens with two attached hydrogens (primary N) is 1. The zero-order valence-electron chi connectivity index (χ0n) is 11.6. The van der Waals surface area contributed by atoms with E-state index in [0.717, 1.165) is 37.6 Å². The Balaban J connectivity index is 2.29. The van der Waals surface area contributed by atoms with Gasteiger partial charge in [0.2, 0.25) is 5.91 Å². The second-order valence-corrected chi connectivity index (χ2v) is 4.77. The van der Waals surface area contributed by atoms with Crippen LogP contribution in [0.5, 0.6) is 5.75 Å². The molecule has 0 atom stereocenters. The van der Waals surface area contributed by atoms with Crippen LogP contribution in [0.1, 0.15) is 17.3 Å². The molecular formula is C14H21N3O2. The van der Waals surface area contributed by atoms with Crippen LogP contribution in [0, 0.1) is 0 Å². The zero-order chi connectivity index (χ0) is 13.8. The molecule has 0 bridgehead atoms. The highest BCUT2D eigenvalue weighted by Crippen LogP contribution is 2.30. The number of hydrogen-bond acceptors (Lipinski definition) is 4. The molecule has 19 heavy (non-hydrogen) atoms. The minimum Gasteiger partial charge on any atom is -0.492 e. The maximum absolute atomic E-state index is 11.3. The number of piperazine rings is 1. The van der Waals surface area contributed by atoms with Gasteiger partial charge in [-0.1, -0.05) is 0 Å². The predicted octanol–water partition coefficient (Wildman–Crippen LogP) is 0.936. The number of anilines is 1. The molecule has 1 amide bonds. The summed E-state index contributed by atoms with van der Waals surface area (Å²) >= 11 is 0. The molecule has 104 valence electrons. The maximum atomic E-state index is 11.3. The van der Waals surface area contributed by atoms with Gasteiger partial charge in [-0.05, 0) is 32.2 Å². The molecule has 0 radical (unpaired) electrons. The molecule has 1 aromatic rings. The van der Waals surface area contributed by atoms with Crippen LogP contribution in [-0.4, -0.2) is 50.6 Å². The summed E-state index contributed by atoms with van der Waals surface area (Å²) in [6.07, 6.45) is 0. The van der Waals surface area contributed by atoms with Crippen molar-refractivity contribution in [2.45, 2.75) is 6.92 Å². The van der Waals surface area contributed by atoms with Crippen LogP contribution in [0.15, 0.2) is 18.2 Å². The third-order valence-corrected chi connectivity index (χ3v) is 3.39. The lowest BCUT2D eigenvalue weighted by molar-refractivity contribution is 0.100. The van der Waals surface area contributed by atoms with Crippen molar-refractivity contribution in [3.05, 3.63) is 23.8 Å². The molecule has 2 N–H and O–H groups in total. The highest BCUT2D eigenvalue weighted by atomic mass is 16.5. The van der Waals surface area contributed by atoms with Gasteiger partial charge in [-0.15, -0.1) is 0 Å². The lowest BCUT2D eigenvalue weighted by atomic mass is 10.1. The molecule has 1 aliphatic heterocycles. The fourth-order valence-electron chi connectivity index (χ4n) is 2.24. The average molecular weight is 263 g/mol. The Kier molecular flexibility index (Phi) is 4.27. The van der Waals surface area contributed by atoms with Gasteiger partial charge in [0.05, 0.1) is 12.3 Å². The highest BCUT2D eigenvalue weighted by Gasteiger charge is 2.19. The molecule has 0 spiro atoms. The van der Waals surface area contributed by atoms with Crippen molar-refractivity contribution in [2.24, 2.45) is 5.73 Å². The summed E-state index contributed by atoms with van der Waals surface area (Å²) in [6, 6.07) is 5.38. The number of carbonyl (C=O) groups is 1. The minimum atomic E-state index is -0.404. The fraction of sp³-hybridized carbons (Fsp3) is 0.500. The second-order valence-electron chi connectivity index (χ2n) is 4.77. The van der Waals surface area contributed by atoms with Crippen LogP contribution < -0.4 is 15.4 Å². The Morgan fingerprint density at radius 1 is 1.32 bits per heavy atom. The largest absolute Gasteiger partial charge is 0.492 e. The Labute approximate surface area is 113 Å². The third-order valence-electron chi connectivity index (χ3n) is 3.39. The Morgan fingerprint density at radius 2 is 2.00 bits per heavy atom. The van der Waals surface area contributed by atoms with Crippen LogP contribution in [-0.2, 0) is 0 Å². The van der Waals surface area contributed by atoms with Gasteiger partial charge in [0.1, 0.15) is 5.75 Å². The summed E-state index contributed by atoms with van der Waals surface area (Å²) in [4.78, 5) is 15.8. The number of ether oxygens (including phenoxy) is 1. The second kappa shape index (κ2) is 5.93. The van der Waals surface area contributed by atoms with Crippen molar-refractivity contribution in [1.29, 1.82) is 0 Å². The molecule has 1 heterocycles. The van der Waals surface area contributed by atoms with Crippen molar-refractivity contribution in [3.63, 3.8) is 0 Å². The first kappa shape index (κ1) is 13.7. The lowest BCUT2D eigenvalue weighted by Crippen LogP contribution is -2.44. The Hall–Kier alpha value is -1.75. The molecule has 0 unspecified atom stereocenters. The number of primary amides is 1. The summed E-state index contributed by atoms with van der Waals surface area (Å²) in [5.41, 5.74) is 6.84.